The Bertz CT molecular complexity index is 787. The number of aromatic nitrogens is 3. The number of anilines is 3. The van der Waals surface area contributed by atoms with Crippen LogP contribution in [-0.2, 0) is 9.47 Å². The number of amides is 2. The van der Waals surface area contributed by atoms with Crippen LogP contribution in [0.2, 0.25) is 0 Å². The third-order valence-corrected chi connectivity index (χ3v) is 4.50. The maximum Gasteiger partial charge on any atom is 0.407 e. The van der Waals surface area contributed by atoms with Gasteiger partial charge in [0.15, 0.2) is 0 Å². The SMILES string of the molecule is CN(CCO)CCNc1nc(NCCCNC(=O)OC(C)(C)C)nc(NCCCNC(=O)OC(C)(C)C)n1. The van der Waals surface area contributed by atoms with Crippen molar-refractivity contribution < 1.29 is 24.2 Å². The molecule has 1 aromatic heterocycles. The second kappa shape index (κ2) is 16.7. The predicted octanol–water partition coefficient (Wildman–Crippen LogP) is 1.86. The van der Waals surface area contributed by atoms with Crippen LogP contribution in [0.5, 0.6) is 0 Å². The van der Waals surface area contributed by atoms with E-state index < -0.39 is 23.4 Å². The minimum absolute atomic E-state index is 0.0932. The molecule has 0 saturated heterocycles. The summed E-state index contributed by atoms with van der Waals surface area (Å²) in [6.45, 7) is 14.8. The Morgan fingerprint density at radius 2 is 1.11 bits per heavy atom. The Hall–Kier alpha value is -3.13. The van der Waals surface area contributed by atoms with Crippen molar-refractivity contribution in [2.45, 2.75) is 65.6 Å². The van der Waals surface area contributed by atoms with Crippen LogP contribution < -0.4 is 26.6 Å². The van der Waals surface area contributed by atoms with Crippen molar-refractivity contribution >= 4 is 30.0 Å². The summed E-state index contributed by atoms with van der Waals surface area (Å²) in [6, 6.07) is 0. The molecule has 0 spiro atoms. The van der Waals surface area contributed by atoms with Gasteiger partial charge in [0.05, 0.1) is 6.61 Å². The molecule has 14 nitrogen and oxygen atoms in total. The Morgan fingerprint density at radius 1 is 0.711 bits per heavy atom. The van der Waals surface area contributed by atoms with E-state index in [0.29, 0.717) is 76.5 Å². The molecule has 0 aliphatic carbocycles. The molecule has 0 fully saturated rings. The summed E-state index contributed by atoms with van der Waals surface area (Å²) in [5, 5.41) is 24.0. The number of nitrogens with zero attached hydrogens (tertiary/aromatic N) is 4. The van der Waals surface area contributed by atoms with Gasteiger partial charge in [-0.25, -0.2) is 9.59 Å². The van der Waals surface area contributed by atoms with Gasteiger partial charge in [-0.1, -0.05) is 0 Å². The zero-order chi connectivity index (χ0) is 28.6. The molecule has 218 valence electrons. The summed E-state index contributed by atoms with van der Waals surface area (Å²) < 4.78 is 10.5. The lowest BCUT2D eigenvalue weighted by Crippen LogP contribution is -2.33. The zero-order valence-corrected chi connectivity index (χ0v) is 23.9. The number of carbonyl (C=O) groups is 2. The first-order valence-electron chi connectivity index (χ1n) is 13.0. The van der Waals surface area contributed by atoms with E-state index >= 15 is 0 Å². The van der Waals surface area contributed by atoms with E-state index in [0.717, 1.165) is 0 Å². The molecule has 0 aliphatic rings. The van der Waals surface area contributed by atoms with Gasteiger partial charge in [0, 0.05) is 45.8 Å². The van der Waals surface area contributed by atoms with Gasteiger partial charge in [0.2, 0.25) is 17.8 Å². The molecule has 1 aromatic rings. The molecular formula is C24H47N9O5. The number of rotatable bonds is 16. The van der Waals surface area contributed by atoms with E-state index in [-0.39, 0.29) is 6.61 Å². The molecule has 0 aromatic carbocycles. The van der Waals surface area contributed by atoms with E-state index in [1.807, 2.05) is 53.5 Å². The molecule has 0 unspecified atom stereocenters. The average Bonchev–Trinajstić information content (AvgIpc) is 2.76. The average molecular weight is 542 g/mol. The van der Waals surface area contributed by atoms with Gasteiger partial charge in [-0.15, -0.1) is 0 Å². The van der Waals surface area contributed by atoms with Gasteiger partial charge in [-0.05, 0) is 61.4 Å². The fraction of sp³-hybridized carbons (Fsp3) is 0.792. The minimum atomic E-state index is -0.543. The van der Waals surface area contributed by atoms with E-state index in [4.69, 9.17) is 14.6 Å². The first kappa shape index (κ1) is 32.9. The topological polar surface area (TPSA) is 175 Å². The Morgan fingerprint density at radius 3 is 1.47 bits per heavy atom. The maximum atomic E-state index is 11.8. The summed E-state index contributed by atoms with van der Waals surface area (Å²) in [5.41, 5.74) is -1.09. The second-order valence-corrected chi connectivity index (χ2v) is 10.7. The van der Waals surface area contributed by atoms with Crippen LogP contribution in [0.15, 0.2) is 0 Å². The number of carbonyl (C=O) groups excluding carboxylic acids is 2. The van der Waals surface area contributed by atoms with Crippen molar-refractivity contribution in [1.29, 1.82) is 0 Å². The molecule has 0 aliphatic heterocycles. The number of nitrogens with one attached hydrogen (secondary N) is 5. The Labute approximate surface area is 226 Å². The third kappa shape index (κ3) is 17.3. The maximum absolute atomic E-state index is 11.8. The number of ether oxygens (including phenoxy) is 2. The summed E-state index contributed by atoms with van der Waals surface area (Å²) in [4.78, 5) is 38.8. The first-order chi connectivity index (χ1) is 17.8. The molecule has 14 heteroatoms. The number of aliphatic hydroxyl groups is 1. The largest absolute Gasteiger partial charge is 0.444 e. The van der Waals surface area contributed by atoms with Crippen molar-refractivity contribution in [3.8, 4) is 0 Å². The van der Waals surface area contributed by atoms with Gasteiger partial charge in [0.1, 0.15) is 11.2 Å². The van der Waals surface area contributed by atoms with Gasteiger partial charge in [-0.3, -0.25) is 0 Å². The number of likely N-dealkylation sites (N-methyl/N-ethyl adjacent to an activating group) is 1. The van der Waals surface area contributed by atoms with E-state index in [9.17, 15) is 9.59 Å². The normalized spacial score (nSPS) is 11.6. The monoisotopic (exact) mass is 541 g/mol. The van der Waals surface area contributed by atoms with Gasteiger partial charge in [-0.2, -0.15) is 15.0 Å². The highest BCUT2D eigenvalue weighted by Crippen LogP contribution is 2.10. The van der Waals surface area contributed by atoms with Crippen LogP contribution in [0.25, 0.3) is 0 Å². The van der Waals surface area contributed by atoms with Crippen molar-refractivity contribution in [3.05, 3.63) is 0 Å². The fourth-order valence-corrected chi connectivity index (χ4v) is 2.84. The highest BCUT2D eigenvalue weighted by molar-refractivity contribution is 5.67. The summed E-state index contributed by atoms with van der Waals surface area (Å²) in [5.74, 6) is 1.18. The van der Waals surface area contributed by atoms with Crippen molar-refractivity contribution in [3.63, 3.8) is 0 Å². The second-order valence-electron chi connectivity index (χ2n) is 10.7. The predicted molar refractivity (Wildman–Crippen MR) is 148 cm³/mol. The molecule has 6 N–H and O–H groups in total. The number of hydrogen-bond acceptors (Lipinski definition) is 12. The summed E-state index contributed by atoms with van der Waals surface area (Å²) in [7, 11) is 1.92. The third-order valence-electron chi connectivity index (χ3n) is 4.50. The molecule has 0 bridgehead atoms. The Balaban J connectivity index is 2.59. The van der Waals surface area contributed by atoms with Crippen LogP contribution in [0.1, 0.15) is 54.4 Å². The number of hydrogen-bond donors (Lipinski definition) is 6. The summed E-state index contributed by atoms with van der Waals surface area (Å²) in [6.07, 6.45) is 0.364. The molecule has 0 radical (unpaired) electrons. The van der Waals surface area contributed by atoms with Crippen molar-refractivity contribution in [2.75, 3.05) is 75.4 Å². The molecule has 2 amide bonds. The number of alkyl carbamates (subject to hydrolysis) is 2. The van der Waals surface area contributed by atoms with Crippen LogP contribution in [0, 0.1) is 0 Å². The minimum Gasteiger partial charge on any atom is -0.444 e. The molecule has 1 rings (SSSR count). The highest BCUT2D eigenvalue weighted by Gasteiger charge is 2.16. The smallest absolute Gasteiger partial charge is 0.407 e. The standard InChI is InChI=1S/C24H47N9O5/c1-23(2,3)37-21(35)28-12-8-10-25-18-30-19(26-11-9-13-29-22(36)38-24(4,5)6)32-20(31-18)27-14-15-33(7)16-17-34/h34H,8-17H2,1-7H3,(H,28,35)(H,29,36)(H3,25,26,27,30,31,32). The van der Waals surface area contributed by atoms with Gasteiger partial charge >= 0.3 is 12.2 Å². The van der Waals surface area contributed by atoms with Crippen molar-refractivity contribution in [1.82, 2.24) is 30.5 Å². The molecule has 1 heterocycles. The quantitative estimate of drug-likeness (QED) is 0.168. The van der Waals surface area contributed by atoms with Crippen LogP contribution in [0.3, 0.4) is 0 Å². The zero-order valence-electron chi connectivity index (χ0n) is 23.9. The van der Waals surface area contributed by atoms with Crippen LogP contribution in [-0.4, -0.2) is 108 Å². The van der Waals surface area contributed by atoms with Crippen molar-refractivity contribution in [2.24, 2.45) is 0 Å². The molecule has 0 saturated carbocycles. The summed E-state index contributed by atoms with van der Waals surface area (Å²) >= 11 is 0. The number of aliphatic hydroxyl groups excluding tert-OH is 1. The van der Waals surface area contributed by atoms with Crippen LogP contribution >= 0.6 is 0 Å². The lowest BCUT2D eigenvalue weighted by molar-refractivity contribution is 0.0516. The van der Waals surface area contributed by atoms with E-state index in [2.05, 4.69) is 41.5 Å². The van der Waals surface area contributed by atoms with Gasteiger partial charge < -0.3 is 46.1 Å². The van der Waals surface area contributed by atoms with Crippen LogP contribution in [0.4, 0.5) is 27.4 Å². The first-order valence-corrected chi connectivity index (χ1v) is 13.0. The Kier molecular flexibility index (Phi) is 14.4. The highest BCUT2D eigenvalue weighted by atomic mass is 16.6. The fourth-order valence-electron chi connectivity index (χ4n) is 2.84. The molecule has 38 heavy (non-hydrogen) atoms. The lowest BCUT2D eigenvalue weighted by Gasteiger charge is -2.19. The lowest BCUT2D eigenvalue weighted by atomic mass is 10.2. The van der Waals surface area contributed by atoms with Gasteiger partial charge in [0.25, 0.3) is 0 Å². The molecule has 0 atom stereocenters. The molecular weight excluding hydrogens is 494 g/mol. The van der Waals surface area contributed by atoms with E-state index in [1.54, 1.807) is 0 Å². The van der Waals surface area contributed by atoms with E-state index in [1.165, 1.54) is 0 Å².